The monoisotopic (exact) mass is 398 g/mol. The van der Waals surface area contributed by atoms with E-state index in [9.17, 15) is 22.8 Å². The summed E-state index contributed by atoms with van der Waals surface area (Å²) >= 11 is 0. The zero-order valence-electron chi connectivity index (χ0n) is 15.6. The van der Waals surface area contributed by atoms with E-state index < -0.39 is 23.5 Å². The Kier molecular flexibility index (Phi) is 5.83. The molecule has 2 N–H and O–H groups in total. The van der Waals surface area contributed by atoms with Crippen LogP contribution in [-0.2, 0) is 11.3 Å². The summed E-state index contributed by atoms with van der Waals surface area (Å²) in [5.41, 5.74) is 3.78. The molecule has 0 spiro atoms. The van der Waals surface area contributed by atoms with E-state index in [0.29, 0.717) is 19.5 Å². The molecule has 2 aliphatic rings. The Hall–Kier alpha value is -2.29. The first kappa shape index (κ1) is 20.4. The highest BCUT2D eigenvalue weighted by Gasteiger charge is 2.63. The highest BCUT2D eigenvalue weighted by molar-refractivity contribution is 5.84. The average Bonchev–Trinajstić information content (AvgIpc) is 2.92. The topological polar surface area (TPSA) is 69.9 Å². The van der Waals surface area contributed by atoms with E-state index in [0.717, 1.165) is 5.56 Å². The zero-order valence-corrected chi connectivity index (χ0v) is 15.6. The molecule has 2 saturated heterocycles. The smallest absolute Gasteiger partial charge is 0.351 e. The van der Waals surface area contributed by atoms with Crippen molar-refractivity contribution in [1.29, 1.82) is 0 Å². The van der Waals surface area contributed by atoms with Crippen molar-refractivity contribution >= 4 is 11.9 Å². The maximum atomic E-state index is 14.1. The van der Waals surface area contributed by atoms with E-state index >= 15 is 0 Å². The van der Waals surface area contributed by atoms with Gasteiger partial charge >= 0.3 is 12.2 Å². The van der Waals surface area contributed by atoms with Gasteiger partial charge in [-0.25, -0.2) is 4.79 Å². The van der Waals surface area contributed by atoms with Gasteiger partial charge in [-0.1, -0.05) is 30.3 Å². The number of carbonyl (C=O) groups excluding carboxylic acids is 2. The van der Waals surface area contributed by atoms with Gasteiger partial charge in [0.1, 0.15) is 0 Å². The number of rotatable bonds is 3. The quantitative estimate of drug-likeness (QED) is 0.847. The number of urea groups is 1. The van der Waals surface area contributed by atoms with Crippen LogP contribution in [0.15, 0.2) is 30.3 Å². The molecule has 0 saturated carbocycles. The van der Waals surface area contributed by atoms with Crippen molar-refractivity contribution < 1.29 is 22.8 Å². The van der Waals surface area contributed by atoms with Crippen LogP contribution in [0.2, 0.25) is 0 Å². The Bertz CT molecular complexity index is 713. The van der Waals surface area contributed by atoms with Crippen LogP contribution in [0.25, 0.3) is 0 Å². The van der Waals surface area contributed by atoms with E-state index in [1.165, 1.54) is 9.80 Å². The van der Waals surface area contributed by atoms with Gasteiger partial charge in [0.25, 0.3) is 0 Å². The average molecular weight is 398 g/mol. The highest BCUT2D eigenvalue weighted by atomic mass is 19.4. The summed E-state index contributed by atoms with van der Waals surface area (Å²) in [4.78, 5) is 28.7. The summed E-state index contributed by atoms with van der Waals surface area (Å²) in [6, 6.07) is 8.65. The summed E-state index contributed by atoms with van der Waals surface area (Å²) in [7, 11) is 0. The van der Waals surface area contributed by atoms with Gasteiger partial charge in [-0.15, -0.1) is 0 Å². The Labute approximate surface area is 162 Å². The Morgan fingerprint density at radius 3 is 2.29 bits per heavy atom. The summed E-state index contributed by atoms with van der Waals surface area (Å²) in [6.07, 6.45) is -4.47. The molecule has 1 aromatic rings. The number of amides is 3. The molecular weight excluding hydrogens is 373 g/mol. The van der Waals surface area contributed by atoms with Crippen LogP contribution in [-0.4, -0.2) is 72.1 Å². The minimum Gasteiger partial charge on any atom is -0.351 e. The second kappa shape index (κ2) is 7.98. The van der Waals surface area contributed by atoms with Crippen molar-refractivity contribution in [2.24, 2.45) is 11.1 Å². The number of halogens is 3. The Morgan fingerprint density at radius 1 is 1.00 bits per heavy atom. The van der Waals surface area contributed by atoms with E-state index in [1.54, 1.807) is 4.90 Å². The van der Waals surface area contributed by atoms with Crippen molar-refractivity contribution in [3.05, 3.63) is 35.9 Å². The number of benzene rings is 1. The second-order valence-corrected chi connectivity index (χ2v) is 7.50. The second-order valence-electron chi connectivity index (χ2n) is 7.50. The number of hydrogen-bond acceptors (Lipinski definition) is 3. The lowest BCUT2D eigenvalue weighted by Crippen LogP contribution is -2.54. The summed E-state index contributed by atoms with van der Waals surface area (Å²) in [5, 5.41) is 0. The zero-order chi connectivity index (χ0) is 20.4. The molecular formula is C19H25F3N4O2. The molecule has 0 aromatic heterocycles. The normalized spacial score (nSPS) is 24.2. The van der Waals surface area contributed by atoms with Crippen LogP contribution in [0.3, 0.4) is 0 Å². The van der Waals surface area contributed by atoms with Crippen molar-refractivity contribution in [3.63, 3.8) is 0 Å². The van der Waals surface area contributed by atoms with Crippen molar-refractivity contribution in [1.82, 2.24) is 14.7 Å². The van der Waals surface area contributed by atoms with Gasteiger partial charge in [0, 0.05) is 39.3 Å². The molecule has 3 rings (SSSR count). The van der Waals surface area contributed by atoms with E-state index in [2.05, 4.69) is 0 Å². The van der Waals surface area contributed by atoms with Crippen LogP contribution in [0.1, 0.15) is 18.4 Å². The van der Waals surface area contributed by atoms with Gasteiger partial charge in [-0.2, -0.15) is 13.2 Å². The van der Waals surface area contributed by atoms with Gasteiger partial charge in [0.15, 0.2) is 5.41 Å². The molecule has 2 heterocycles. The summed E-state index contributed by atoms with van der Waals surface area (Å²) in [5.74, 6) is -0.887. The molecule has 154 valence electrons. The van der Waals surface area contributed by atoms with Crippen LogP contribution in [0.4, 0.5) is 18.0 Å². The van der Waals surface area contributed by atoms with Gasteiger partial charge in [0.2, 0.25) is 5.91 Å². The number of hydrogen-bond donors (Lipinski definition) is 1. The van der Waals surface area contributed by atoms with Crippen LogP contribution < -0.4 is 5.73 Å². The number of carbonyl (C=O) groups is 2. The number of nitrogens with zero attached hydrogens (tertiary/aromatic N) is 3. The first-order valence-corrected chi connectivity index (χ1v) is 9.40. The maximum Gasteiger partial charge on any atom is 0.404 e. The lowest BCUT2D eigenvalue weighted by Gasteiger charge is -2.35. The number of nitrogens with two attached hydrogens (primary N) is 1. The fourth-order valence-electron chi connectivity index (χ4n) is 4.04. The highest BCUT2D eigenvalue weighted by Crippen LogP contribution is 2.47. The molecule has 2 fully saturated rings. The molecule has 6 nitrogen and oxygen atoms in total. The lowest BCUT2D eigenvalue weighted by molar-refractivity contribution is -0.223. The molecule has 1 aromatic carbocycles. The van der Waals surface area contributed by atoms with E-state index in [4.69, 9.17) is 5.73 Å². The third-order valence-corrected chi connectivity index (χ3v) is 5.64. The largest absolute Gasteiger partial charge is 0.404 e. The molecule has 0 aliphatic carbocycles. The molecule has 28 heavy (non-hydrogen) atoms. The van der Waals surface area contributed by atoms with E-state index in [-0.39, 0.29) is 39.1 Å². The number of likely N-dealkylation sites (tertiary alicyclic amines) is 1. The van der Waals surface area contributed by atoms with Gasteiger partial charge in [0.05, 0.1) is 0 Å². The first-order chi connectivity index (χ1) is 13.2. The molecule has 3 amide bonds. The minimum absolute atomic E-state index is 0.0677. The van der Waals surface area contributed by atoms with E-state index in [1.807, 2.05) is 30.3 Å². The minimum atomic E-state index is -4.63. The van der Waals surface area contributed by atoms with Gasteiger partial charge in [-0.3, -0.25) is 9.69 Å². The molecule has 2 aliphatic heterocycles. The number of alkyl halides is 3. The number of primary amides is 1. The standard InChI is InChI=1S/C19H25F3N4O2/c20-19(21,22)18(7-10-24(14-18)13-15-5-2-1-3-6-15)16(27)25-8-4-9-26(12-11-25)17(23)28/h1-3,5-6H,4,7-14H2,(H2,23,28). The SMILES string of the molecule is NC(=O)N1CCCN(C(=O)C2(C(F)(F)F)CCN(Cc3ccccc3)C2)CC1. The summed E-state index contributed by atoms with van der Waals surface area (Å²) in [6.45, 7) is 1.00. The third-order valence-electron chi connectivity index (χ3n) is 5.64. The Morgan fingerprint density at radius 2 is 1.64 bits per heavy atom. The van der Waals surface area contributed by atoms with Crippen molar-refractivity contribution in [2.75, 3.05) is 39.3 Å². The first-order valence-electron chi connectivity index (χ1n) is 9.40. The summed E-state index contributed by atoms with van der Waals surface area (Å²) < 4.78 is 42.2. The molecule has 0 bridgehead atoms. The molecule has 1 atom stereocenters. The third kappa shape index (κ3) is 4.09. The van der Waals surface area contributed by atoms with Gasteiger partial charge in [-0.05, 0) is 24.9 Å². The maximum absolute atomic E-state index is 14.1. The molecule has 0 radical (unpaired) electrons. The van der Waals surface area contributed by atoms with Gasteiger partial charge < -0.3 is 15.5 Å². The lowest BCUT2D eigenvalue weighted by atomic mass is 9.84. The molecule has 9 heteroatoms. The Balaban J connectivity index is 1.75. The van der Waals surface area contributed by atoms with Crippen LogP contribution >= 0.6 is 0 Å². The van der Waals surface area contributed by atoms with Crippen molar-refractivity contribution in [2.45, 2.75) is 25.6 Å². The predicted octanol–water partition coefficient (Wildman–Crippen LogP) is 2.05. The molecule has 1 unspecified atom stereocenters. The van der Waals surface area contributed by atoms with Crippen LogP contribution in [0.5, 0.6) is 0 Å². The predicted molar refractivity (Wildman–Crippen MR) is 97.2 cm³/mol. The van der Waals surface area contributed by atoms with Crippen LogP contribution in [0, 0.1) is 5.41 Å². The van der Waals surface area contributed by atoms with Crippen molar-refractivity contribution in [3.8, 4) is 0 Å². The fourth-order valence-corrected chi connectivity index (χ4v) is 4.04. The fraction of sp³-hybridized carbons (Fsp3) is 0.579.